The predicted molar refractivity (Wildman–Crippen MR) is 100 cm³/mol. The van der Waals surface area contributed by atoms with Crippen LogP contribution in [0, 0.1) is 0 Å². The molecule has 0 radical (unpaired) electrons. The first-order valence-corrected chi connectivity index (χ1v) is 9.65. The molecule has 1 heterocycles. The van der Waals surface area contributed by atoms with E-state index in [9.17, 15) is 13.2 Å². The molecule has 0 bridgehead atoms. The van der Waals surface area contributed by atoms with Crippen molar-refractivity contribution in [1.29, 1.82) is 0 Å². The van der Waals surface area contributed by atoms with Gasteiger partial charge in [0.2, 0.25) is 10.0 Å². The Morgan fingerprint density at radius 1 is 1.23 bits per heavy atom. The molecule has 0 aliphatic carbocycles. The number of sulfonamides is 1. The SMILES string of the molecule is COCCNCCNC(=O)c1cccc(S(=O)(=O)N2CCOCC2)c1.Cl. The Morgan fingerprint density at radius 2 is 1.96 bits per heavy atom. The van der Waals surface area contributed by atoms with Crippen LogP contribution >= 0.6 is 12.4 Å². The van der Waals surface area contributed by atoms with Gasteiger partial charge in [-0.1, -0.05) is 6.07 Å². The van der Waals surface area contributed by atoms with Gasteiger partial charge in [0, 0.05) is 45.4 Å². The van der Waals surface area contributed by atoms with Crippen molar-refractivity contribution in [2.45, 2.75) is 4.90 Å². The minimum atomic E-state index is -3.61. The second-order valence-corrected chi connectivity index (χ2v) is 7.48. The van der Waals surface area contributed by atoms with E-state index in [1.807, 2.05) is 0 Å². The molecule has 0 aromatic heterocycles. The lowest BCUT2D eigenvalue weighted by molar-refractivity contribution is 0.0730. The molecular weight excluding hydrogens is 382 g/mol. The lowest BCUT2D eigenvalue weighted by atomic mass is 10.2. The van der Waals surface area contributed by atoms with E-state index in [0.29, 0.717) is 58.1 Å². The molecule has 2 N–H and O–H groups in total. The summed E-state index contributed by atoms with van der Waals surface area (Å²) in [5, 5.41) is 5.88. The van der Waals surface area contributed by atoms with E-state index < -0.39 is 10.0 Å². The van der Waals surface area contributed by atoms with Gasteiger partial charge in [-0.2, -0.15) is 4.31 Å². The van der Waals surface area contributed by atoms with Gasteiger partial charge in [-0.25, -0.2) is 8.42 Å². The highest BCUT2D eigenvalue weighted by molar-refractivity contribution is 7.89. The van der Waals surface area contributed by atoms with Crippen molar-refractivity contribution < 1.29 is 22.7 Å². The summed E-state index contributed by atoms with van der Waals surface area (Å²) in [6, 6.07) is 6.11. The third-order valence-electron chi connectivity index (χ3n) is 3.77. The van der Waals surface area contributed by atoms with Crippen molar-refractivity contribution in [3.05, 3.63) is 29.8 Å². The van der Waals surface area contributed by atoms with Gasteiger partial charge in [0.25, 0.3) is 5.91 Å². The van der Waals surface area contributed by atoms with Crippen molar-refractivity contribution in [3.63, 3.8) is 0 Å². The number of rotatable bonds is 9. The fourth-order valence-electron chi connectivity index (χ4n) is 2.40. The van der Waals surface area contributed by atoms with Crippen LogP contribution < -0.4 is 10.6 Å². The molecule has 0 atom stereocenters. The first kappa shape index (κ1) is 22.8. The van der Waals surface area contributed by atoms with Gasteiger partial charge in [0.15, 0.2) is 0 Å². The van der Waals surface area contributed by atoms with Gasteiger partial charge in [0.05, 0.1) is 24.7 Å². The number of nitrogens with one attached hydrogen (secondary N) is 2. The smallest absolute Gasteiger partial charge is 0.251 e. The van der Waals surface area contributed by atoms with E-state index in [0.717, 1.165) is 0 Å². The lowest BCUT2D eigenvalue weighted by Gasteiger charge is -2.26. The van der Waals surface area contributed by atoms with Gasteiger partial charge in [-0.15, -0.1) is 12.4 Å². The van der Waals surface area contributed by atoms with Crippen LogP contribution in [-0.2, 0) is 19.5 Å². The number of halogens is 1. The molecule has 26 heavy (non-hydrogen) atoms. The largest absolute Gasteiger partial charge is 0.383 e. The molecule has 0 unspecified atom stereocenters. The van der Waals surface area contributed by atoms with E-state index in [2.05, 4.69) is 10.6 Å². The normalized spacial score (nSPS) is 15.3. The summed E-state index contributed by atoms with van der Waals surface area (Å²) in [6.07, 6.45) is 0. The van der Waals surface area contributed by atoms with E-state index in [1.165, 1.54) is 16.4 Å². The van der Waals surface area contributed by atoms with E-state index in [-0.39, 0.29) is 23.2 Å². The third kappa shape index (κ3) is 6.49. The number of methoxy groups -OCH3 is 1. The maximum atomic E-state index is 12.6. The third-order valence-corrected chi connectivity index (χ3v) is 5.67. The summed E-state index contributed by atoms with van der Waals surface area (Å²) in [5.74, 6) is -0.299. The Bertz CT molecular complexity index is 666. The highest BCUT2D eigenvalue weighted by Crippen LogP contribution is 2.18. The molecule has 0 saturated carbocycles. The summed E-state index contributed by atoms with van der Waals surface area (Å²) >= 11 is 0. The molecule has 1 aliphatic rings. The van der Waals surface area contributed by atoms with Gasteiger partial charge in [0.1, 0.15) is 0 Å². The Morgan fingerprint density at radius 3 is 2.65 bits per heavy atom. The van der Waals surface area contributed by atoms with Gasteiger partial charge < -0.3 is 20.1 Å². The molecule has 1 fully saturated rings. The zero-order chi connectivity index (χ0) is 18.1. The van der Waals surface area contributed by atoms with Crippen molar-refractivity contribution in [2.75, 3.05) is 59.7 Å². The Balaban J connectivity index is 0.00000338. The van der Waals surface area contributed by atoms with Crippen LogP contribution in [0.3, 0.4) is 0 Å². The first-order chi connectivity index (χ1) is 12.1. The molecule has 1 saturated heterocycles. The van der Waals surface area contributed by atoms with Crippen LogP contribution in [0.15, 0.2) is 29.2 Å². The monoisotopic (exact) mass is 407 g/mol. The van der Waals surface area contributed by atoms with Crippen LogP contribution in [0.2, 0.25) is 0 Å². The molecule has 8 nitrogen and oxygen atoms in total. The Kier molecular flexibility index (Phi) is 10.1. The number of hydrogen-bond acceptors (Lipinski definition) is 6. The fourth-order valence-corrected chi connectivity index (χ4v) is 3.85. The molecule has 2 rings (SSSR count). The molecule has 0 spiro atoms. The number of amides is 1. The van der Waals surface area contributed by atoms with Crippen LogP contribution in [0.4, 0.5) is 0 Å². The Labute approximate surface area is 160 Å². The standard InChI is InChI=1S/C16H25N3O5S.ClH/c1-23-10-7-17-5-6-18-16(20)14-3-2-4-15(13-14)25(21,22)19-8-11-24-12-9-19;/h2-4,13,17H,5-12H2,1H3,(H,18,20);1H. The highest BCUT2D eigenvalue weighted by Gasteiger charge is 2.26. The molecule has 1 aromatic rings. The first-order valence-electron chi connectivity index (χ1n) is 8.21. The number of benzene rings is 1. The summed E-state index contributed by atoms with van der Waals surface area (Å²) < 4.78 is 36.8. The van der Waals surface area contributed by atoms with Crippen LogP contribution in [0.25, 0.3) is 0 Å². The number of hydrogen-bond donors (Lipinski definition) is 2. The fraction of sp³-hybridized carbons (Fsp3) is 0.562. The predicted octanol–water partition coefficient (Wildman–Crippen LogP) is 0.0951. The maximum absolute atomic E-state index is 12.6. The van der Waals surface area contributed by atoms with Crippen molar-refractivity contribution in [3.8, 4) is 0 Å². The van der Waals surface area contributed by atoms with E-state index in [1.54, 1.807) is 19.2 Å². The van der Waals surface area contributed by atoms with Gasteiger partial charge in [-0.05, 0) is 18.2 Å². The Hall–Kier alpha value is -1.23. The number of carbonyl (C=O) groups excluding carboxylic acids is 1. The molecule has 1 aromatic carbocycles. The van der Waals surface area contributed by atoms with E-state index >= 15 is 0 Å². The van der Waals surface area contributed by atoms with Gasteiger partial charge in [-0.3, -0.25) is 4.79 Å². The van der Waals surface area contributed by atoms with E-state index in [4.69, 9.17) is 9.47 Å². The zero-order valence-electron chi connectivity index (χ0n) is 14.8. The number of ether oxygens (including phenoxy) is 2. The summed E-state index contributed by atoms with van der Waals surface area (Å²) in [4.78, 5) is 12.3. The molecule has 1 aliphatic heterocycles. The second-order valence-electron chi connectivity index (χ2n) is 5.54. The molecule has 148 valence electrons. The van der Waals surface area contributed by atoms with Crippen molar-refractivity contribution >= 4 is 28.3 Å². The van der Waals surface area contributed by atoms with Crippen molar-refractivity contribution in [2.24, 2.45) is 0 Å². The zero-order valence-corrected chi connectivity index (χ0v) is 16.4. The number of carbonyl (C=O) groups is 1. The second kappa shape index (κ2) is 11.5. The van der Waals surface area contributed by atoms with Crippen LogP contribution in [-0.4, -0.2) is 78.3 Å². The van der Waals surface area contributed by atoms with Gasteiger partial charge >= 0.3 is 0 Å². The maximum Gasteiger partial charge on any atom is 0.251 e. The number of morpholine rings is 1. The lowest BCUT2D eigenvalue weighted by Crippen LogP contribution is -2.40. The average molecular weight is 408 g/mol. The molecule has 1 amide bonds. The minimum Gasteiger partial charge on any atom is -0.383 e. The van der Waals surface area contributed by atoms with Crippen LogP contribution in [0.5, 0.6) is 0 Å². The van der Waals surface area contributed by atoms with Crippen LogP contribution in [0.1, 0.15) is 10.4 Å². The summed E-state index contributed by atoms with van der Waals surface area (Å²) in [5.41, 5.74) is 0.325. The topological polar surface area (TPSA) is 97.0 Å². The number of nitrogens with zero attached hydrogens (tertiary/aromatic N) is 1. The average Bonchev–Trinajstić information content (AvgIpc) is 2.65. The quantitative estimate of drug-likeness (QED) is 0.563. The summed E-state index contributed by atoms with van der Waals surface area (Å²) in [6.45, 7) is 3.79. The highest BCUT2D eigenvalue weighted by atomic mass is 35.5. The molecular formula is C16H26ClN3O5S. The summed E-state index contributed by atoms with van der Waals surface area (Å²) in [7, 11) is -1.98. The minimum absolute atomic E-state index is 0. The van der Waals surface area contributed by atoms with Crippen molar-refractivity contribution in [1.82, 2.24) is 14.9 Å². The molecule has 10 heteroatoms.